The Kier molecular flexibility index (Phi) is 4.49. The number of hydrogen-bond acceptors (Lipinski definition) is 5. The molecular weight excluding hydrogens is 296 g/mol. The van der Waals surface area contributed by atoms with Gasteiger partial charge < -0.3 is 10.6 Å². The van der Waals surface area contributed by atoms with Crippen LogP contribution in [0.5, 0.6) is 0 Å². The van der Waals surface area contributed by atoms with Crippen molar-refractivity contribution in [1.29, 1.82) is 0 Å². The Morgan fingerprint density at radius 1 is 1.36 bits per heavy atom. The van der Waals surface area contributed by atoms with E-state index in [1.54, 1.807) is 18.6 Å². The van der Waals surface area contributed by atoms with E-state index in [1.807, 2.05) is 24.0 Å². The van der Waals surface area contributed by atoms with Crippen molar-refractivity contribution in [3.63, 3.8) is 0 Å². The third-order valence-electron chi connectivity index (χ3n) is 4.21. The molecule has 22 heavy (non-hydrogen) atoms. The normalized spacial score (nSPS) is 17.5. The van der Waals surface area contributed by atoms with Crippen LogP contribution in [0.1, 0.15) is 29.4 Å². The van der Waals surface area contributed by atoms with Gasteiger partial charge in [0.05, 0.1) is 6.20 Å². The minimum absolute atomic E-state index is 0.0842. The summed E-state index contributed by atoms with van der Waals surface area (Å²) in [6.45, 7) is 3.62. The van der Waals surface area contributed by atoms with Crippen molar-refractivity contribution < 1.29 is 4.79 Å². The second-order valence-electron chi connectivity index (χ2n) is 5.75. The predicted octanol–water partition coefficient (Wildman–Crippen LogP) is 2.40. The van der Waals surface area contributed by atoms with E-state index in [9.17, 15) is 4.79 Å². The quantitative estimate of drug-likeness (QED) is 0.944. The van der Waals surface area contributed by atoms with Crippen molar-refractivity contribution in [3.05, 3.63) is 35.6 Å². The maximum atomic E-state index is 12.6. The van der Waals surface area contributed by atoms with Crippen LogP contribution in [-0.4, -0.2) is 39.9 Å². The van der Waals surface area contributed by atoms with Gasteiger partial charge in [0.2, 0.25) is 0 Å². The number of nitrogens with zero attached hydrogens (tertiary/aromatic N) is 3. The maximum absolute atomic E-state index is 12.6. The third kappa shape index (κ3) is 3.18. The van der Waals surface area contributed by atoms with Gasteiger partial charge in [0, 0.05) is 37.1 Å². The molecule has 0 aromatic carbocycles. The molecule has 1 atom stereocenters. The Morgan fingerprint density at radius 2 is 2.05 bits per heavy atom. The summed E-state index contributed by atoms with van der Waals surface area (Å²) in [5, 5.41) is 0.858. The molecule has 0 saturated carbocycles. The molecule has 0 aliphatic carbocycles. The minimum Gasteiger partial charge on any atom is -0.338 e. The zero-order chi connectivity index (χ0) is 15.5. The lowest BCUT2D eigenvalue weighted by Crippen LogP contribution is -2.42. The summed E-state index contributed by atoms with van der Waals surface area (Å²) in [5.41, 5.74) is 6.95. The molecule has 0 spiro atoms. The lowest BCUT2D eigenvalue weighted by atomic mass is 9.91. The van der Waals surface area contributed by atoms with Crippen LogP contribution in [0.4, 0.5) is 0 Å². The molecule has 1 amide bonds. The van der Waals surface area contributed by atoms with Crippen LogP contribution in [0.15, 0.2) is 30.7 Å². The number of carbonyl (C=O) groups is 1. The summed E-state index contributed by atoms with van der Waals surface area (Å²) < 4.78 is 0. The van der Waals surface area contributed by atoms with Crippen molar-refractivity contribution in [2.45, 2.75) is 25.8 Å². The number of aromatic nitrogens is 2. The van der Waals surface area contributed by atoms with E-state index in [4.69, 9.17) is 5.73 Å². The topological polar surface area (TPSA) is 72.1 Å². The Morgan fingerprint density at radius 3 is 2.68 bits per heavy atom. The van der Waals surface area contributed by atoms with E-state index in [0.29, 0.717) is 10.8 Å². The van der Waals surface area contributed by atoms with Crippen LogP contribution in [0.3, 0.4) is 0 Å². The van der Waals surface area contributed by atoms with Crippen LogP contribution < -0.4 is 5.73 Å². The van der Waals surface area contributed by atoms with Crippen LogP contribution in [0.25, 0.3) is 10.6 Å². The molecule has 0 radical (unpaired) electrons. The number of pyridine rings is 1. The summed E-state index contributed by atoms with van der Waals surface area (Å²) in [6.07, 6.45) is 7.12. The summed E-state index contributed by atoms with van der Waals surface area (Å²) >= 11 is 1.44. The summed E-state index contributed by atoms with van der Waals surface area (Å²) in [4.78, 5) is 23.6. The number of nitrogens with two attached hydrogens (primary N) is 1. The lowest BCUT2D eigenvalue weighted by Gasteiger charge is -2.33. The Balaban J connectivity index is 1.68. The summed E-state index contributed by atoms with van der Waals surface area (Å²) in [6, 6.07) is 4.02. The maximum Gasteiger partial charge on any atom is 0.265 e. The molecule has 0 bridgehead atoms. The molecule has 1 unspecified atom stereocenters. The standard InChI is InChI=1S/C16H20N4OS/c1-11(17)12-4-8-20(9-5-12)16(21)14-10-19-15(22-14)13-2-6-18-7-3-13/h2-3,6-7,10-12H,4-5,8-9,17H2,1H3. The molecule has 2 N–H and O–H groups in total. The minimum atomic E-state index is 0.0842. The van der Waals surface area contributed by atoms with Crippen molar-refractivity contribution >= 4 is 17.2 Å². The molecule has 1 fully saturated rings. The van der Waals surface area contributed by atoms with Gasteiger partial charge >= 0.3 is 0 Å². The van der Waals surface area contributed by atoms with E-state index in [1.165, 1.54) is 11.3 Å². The van der Waals surface area contributed by atoms with E-state index in [2.05, 4.69) is 9.97 Å². The Hall–Kier alpha value is -1.79. The van der Waals surface area contributed by atoms with Gasteiger partial charge in [-0.3, -0.25) is 9.78 Å². The van der Waals surface area contributed by atoms with Gasteiger partial charge in [-0.05, 0) is 37.8 Å². The van der Waals surface area contributed by atoms with Gasteiger partial charge in [-0.15, -0.1) is 11.3 Å². The second kappa shape index (κ2) is 6.54. The molecule has 1 aliphatic heterocycles. The smallest absolute Gasteiger partial charge is 0.265 e. The van der Waals surface area contributed by atoms with Crippen molar-refractivity contribution in [3.8, 4) is 10.6 Å². The average Bonchev–Trinajstić information content (AvgIpc) is 3.05. The van der Waals surface area contributed by atoms with Crippen LogP contribution in [-0.2, 0) is 0 Å². The highest BCUT2D eigenvalue weighted by atomic mass is 32.1. The summed E-state index contributed by atoms with van der Waals surface area (Å²) in [7, 11) is 0. The monoisotopic (exact) mass is 316 g/mol. The number of hydrogen-bond donors (Lipinski definition) is 1. The lowest BCUT2D eigenvalue weighted by molar-refractivity contribution is 0.0685. The van der Waals surface area contributed by atoms with Gasteiger partial charge in [0.25, 0.3) is 5.91 Å². The van der Waals surface area contributed by atoms with Crippen molar-refractivity contribution in [1.82, 2.24) is 14.9 Å². The van der Waals surface area contributed by atoms with Gasteiger partial charge in [-0.1, -0.05) is 0 Å². The van der Waals surface area contributed by atoms with Gasteiger partial charge in [-0.2, -0.15) is 0 Å². The first kappa shape index (κ1) is 15.1. The molecule has 1 saturated heterocycles. The number of amides is 1. The zero-order valence-corrected chi connectivity index (χ0v) is 13.4. The molecule has 2 aromatic heterocycles. The highest BCUT2D eigenvalue weighted by Gasteiger charge is 2.26. The molecule has 3 rings (SSSR count). The van der Waals surface area contributed by atoms with Crippen LogP contribution in [0, 0.1) is 5.92 Å². The van der Waals surface area contributed by atoms with Gasteiger partial charge in [0.15, 0.2) is 0 Å². The number of carbonyl (C=O) groups excluding carboxylic acids is 1. The fourth-order valence-electron chi connectivity index (χ4n) is 2.79. The van der Waals surface area contributed by atoms with E-state index in [-0.39, 0.29) is 11.9 Å². The van der Waals surface area contributed by atoms with E-state index in [0.717, 1.165) is 36.5 Å². The van der Waals surface area contributed by atoms with Gasteiger partial charge in [0.1, 0.15) is 9.88 Å². The number of piperidine rings is 1. The molecule has 1 aliphatic rings. The van der Waals surface area contributed by atoms with Crippen molar-refractivity contribution in [2.75, 3.05) is 13.1 Å². The molecule has 5 nitrogen and oxygen atoms in total. The molecule has 2 aromatic rings. The third-order valence-corrected chi connectivity index (χ3v) is 5.25. The fraction of sp³-hybridized carbons (Fsp3) is 0.438. The highest BCUT2D eigenvalue weighted by Crippen LogP contribution is 2.27. The fourth-order valence-corrected chi connectivity index (χ4v) is 3.67. The zero-order valence-electron chi connectivity index (χ0n) is 12.6. The average molecular weight is 316 g/mol. The van der Waals surface area contributed by atoms with E-state index >= 15 is 0 Å². The molecule has 3 heterocycles. The van der Waals surface area contributed by atoms with Crippen LogP contribution in [0.2, 0.25) is 0 Å². The number of thiazole rings is 1. The summed E-state index contributed by atoms with van der Waals surface area (Å²) in [5.74, 6) is 0.610. The van der Waals surface area contributed by atoms with E-state index < -0.39 is 0 Å². The predicted molar refractivity (Wildman–Crippen MR) is 87.6 cm³/mol. The first-order valence-corrected chi connectivity index (χ1v) is 8.38. The molecular formula is C16H20N4OS. The Labute approximate surface area is 134 Å². The number of likely N-dealkylation sites (tertiary alicyclic amines) is 1. The SMILES string of the molecule is CC(N)C1CCN(C(=O)c2cnc(-c3ccncc3)s2)CC1. The first-order valence-electron chi connectivity index (χ1n) is 7.56. The van der Waals surface area contributed by atoms with Crippen molar-refractivity contribution in [2.24, 2.45) is 11.7 Å². The second-order valence-corrected chi connectivity index (χ2v) is 6.78. The number of rotatable bonds is 3. The first-order chi connectivity index (χ1) is 10.6. The van der Waals surface area contributed by atoms with Crippen LogP contribution >= 0.6 is 11.3 Å². The Bertz CT molecular complexity index is 633. The molecule has 116 valence electrons. The highest BCUT2D eigenvalue weighted by molar-refractivity contribution is 7.16. The largest absolute Gasteiger partial charge is 0.338 e. The van der Waals surface area contributed by atoms with Gasteiger partial charge in [-0.25, -0.2) is 4.98 Å². The molecule has 6 heteroatoms.